The fraction of sp³-hybridized carbons (Fsp3) is 0.533. The van der Waals surface area contributed by atoms with Crippen LogP contribution in [0.2, 0.25) is 0 Å². The number of rotatable bonds is 5. The van der Waals surface area contributed by atoms with Crippen molar-refractivity contribution in [3.05, 3.63) is 29.8 Å². The van der Waals surface area contributed by atoms with Gasteiger partial charge in [0.05, 0.1) is 0 Å². The molecule has 0 saturated carbocycles. The summed E-state index contributed by atoms with van der Waals surface area (Å²) in [7, 11) is 0. The molecule has 104 valence electrons. The van der Waals surface area contributed by atoms with Crippen LogP contribution in [0.3, 0.4) is 0 Å². The van der Waals surface area contributed by atoms with E-state index < -0.39 is 6.10 Å². The van der Waals surface area contributed by atoms with E-state index in [0.717, 1.165) is 24.2 Å². The Labute approximate surface area is 114 Å². The minimum Gasteiger partial charge on any atom is -0.480 e. The second-order valence-corrected chi connectivity index (χ2v) is 5.36. The van der Waals surface area contributed by atoms with E-state index in [2.05, 4.69) is 12.2 Å². The lowest BCUT2D eigenvalue weighted by Gasteiger charge is -2.30. The van der Waals surface area contributed by atoms with Crippen LogP contribution in [0.5, 0.6) is 5.75 Å². The van der Waals surface area contributed by atoms with Gasteiger partial charge in [0.25, 0.3) is 5.91 Å². The first kappa shape index (κ1) is 13.9. The molecule has 1 aliphatic heterocycles. The zero-order valence-corrected chi connectivity index (χ0v) is 11.6. The third-order valence-electron chi connectivity index (χ3n) is 3.84. The van der Waals surface area contributed by atoms with Crippen molar-refractivity contribution in [1.29, 1.82) is 0 Å². The first-order valence-electron chi connectivity index (χ1n) is 6.84. The zero-order valence-electron chi connectivity index (χ0n) is 11.6. The van der Waals surface area contributed by atoms with Gasteiger partial charge in [0.2, 0.25) is 0 Å². The fourth-order valence-electron chi connectivity index (χ4n) is 2.35. The average Bonchev–Trinajstić information content (AvgIpc) is 2.83. The Morgan fingerprint density at radius 3 is 2.89 bits per heavy atom. The van der Waals surface area contributed by atoms with E-state index in [1.54, 1.807) is 0 Å². The Bertz CT molecular complexity index is 436. The fourth-order valence-corrected chi connectivity index (χ4v) is 2.35. The highest BCUT2D eigenvalue weighted by Crippen LogP contribution is 2.28. The number of carbonyl (C=O) groups excluding carboxylic acids is 1. The lowest BCUT2D eigenvalue weighted by Crippen LogP contribution is -2.51. The van der Waals surface area contributed by atoms with Crippen LogP contribution in [0.4, 0.5) is 0 Å². The number of ether oxygens (including phenoxy) is 1. The number of nitrogens with two attached hydrogens (primary N) is 1. The molecular weight excluding hydrogens is 240 g/mol. The SMILES string of the molecule is CCC(C)(CCN)NC(=O)C1Cc2ccccc2O1. The Morgan fingerprint density at radius 1 is 1.53 bits per heavy atom. The van der Waals surface area contributed by atoms with Crippen LogP contribution in [0.1, 0.15) is 32.3 Å². The smallest absolute Gasteiger partial charge is 0.261 e. The molecule has 4 nitrogen and oxygen atoms in total. The molecule has 0 radical (unpaired) electrons. The van der Waals surface area contributed by atoms with Gasteiger partial charge in [-0.1, -0.05) is 25.1 Å². The summed E-state index contributed by atoms with van der Waals surface area (Å²) in [6.07, 6.45) is 1.86. The summed E-state index contributed by atoms with van der Waals surface area (Å²) in [4.78, 5) is 12.3. The van der Waals surface area contributed by atoms with Crippen molar-refractivity contribution in [2.24, 2.45) is 5.73 Å². The highest BCUT2D eigenvalue weighted by molar-refractivity contribution is 5.83. The molecule has 2 unspecified atom stereocenters. The number of amides is 1. The van der Waals surface area contributed by atoms with Crippen molar-refractivity contribution in [3.63, 3.8) is 0 Å². The van der Waals surface area contributed by atoms with Crippen molar-refractivity contribution < 1.29 is 9.53 Å². The third kappa shape index (κ3) is 3.07. The van der Waals surface area contributed by atoms with Gasteiger partial charge in [0.1, 0.15) is 5.75 Å². The number of para-hydroxylation sites is 1. The zero-order chi connectivity index (χ0) is 13.9. The van der Waals surface area contributed by atoms with Crippen molar-refractivity contribution >= 4 is 5.91 Å². The molecule has 0 spiro atoms. The van der Waals surface area contributed by atoms with Crippen LogP contribution in [-0.2, 0) is 11.2 Å². The van der Waals surface area contributed by atoms with Gasteiger partial charge in [-0.2, -0.15) is 0 Å². The second kappa shape index (κ2) is 5.61. The van der Waals surface area contributed by atoms with Gasteiger partial charge < -0.3 is 15.8 Å². The van der Waals surface area contributed by atoms with Gasteiger partial charge in [-0.05, 0) is 37.9 Å². The third-order valence-corrected chi connectivity index (χ3v) is 3.84. The molecule has 1 aliphatic rings. The van der Waals surface area contributed by atoms with Crippen molar-refractivity contribution in [2.75, 3.05) is 6.54 Å². The lowest BCUT2D eigenvalue weighted by molar-refractivity contribution is -0.129. The van der Waals surface area contributed by atoms with Crippen LogP contribution in [-0.4, -0.2) is 24.1 Å². The monoisotopic (exact) mass is 262 g/mol. The molecule has 1 aromatic carbocycles. The van der Waals surface area contributed by atoms with E-state index in [-0.39, 0.29) is 11.4 Å². The molecule has 1 aromatic rings. The minimum atomic E-state index is -0.416. The van der Waals surface area contributed by atoms with E-state index >= 15 is 0 Å². The minimum absolute atomic E-state index is 0.0472. The number of hydrogen-bond donors (Lipinski definition) is 2. The average molecular weight is 262 g/mol. The van der Waals surface area contributed by atoms with Gasteiger partial charge in [0.15, 0.2) is 6.10 Å². The Hall–Kier alpha value is -1.55. The predicted octanol–water partition coefficient (Wildman–Crippen LogP) is 1.62. The Balaban J connectivity index is 1.99. The van der Waals surface area contributed by atoms with Gasteiger partial charge in [0, 0.05) is 12.0 Å². The number of hydrogen-bond acceptors (Lipinski definition) is 3. The second-order valence-electron chi connectivity index (χ2n) is 5.36. The summed E-state index contributed by atoms with van der Waals surface area (Å²) < 4.78 is 5.69. The molecular formula is C15H22N2O2. The van der Waals surface area contributed by atoms with Crippen LogP contribution in [0.25, 0.3) is 0 Å². The molecule has 0 saturated heterocycles. The highest BCUT2D eigenvalue weighted by atomic mass is 16.5. The maximum atomic E-state index is 12.3. The van der Waals surface area contributed by atoms with Crippen molar-refractivity contribution in [3.8, 4) is 5.75 Å². The summed E-state index contributed by atoms with van der Waals surface area (Å²) >= 11 is 0. The van der Waals surface area contributed by atoms with Gasteiger partial charge in [-0.25, -0.2) is 0 Å². The first-order valence-corrected chi connectivity index (χ1v) is 6.84. The molecule has 0 fully saturated rings. The Morgan fingerprint density at radius 2 is 2.26 bits per heavy atom. The largest absolute Gasteiger partial charge is 0.480 e. The van der Waals surface area contributed by atoms with Crippen LogP contribution < -0.4 is 15.8 Å². The summed E-state index contributed by atoms with van der Waals surface area (Å²) in [6, 6.07) is 7.79. The van der Waals surface area contributed by atoms with Gasteiger partial charge in [-0.3, -0.25) is 4.79 Å². The van der Waals surface area contributed by atoms with Gasteiger partial charge >= 0.3 is 0 Å². The molecule has 0 bridgehead atoms. The summed E-state index contributed by atoms with van der Waals surface area (Å²) in [5, 5.41) is 3.08. The maximum absolute atomic E-state index is 12.3. The van der Waals surface area contributed by atoms with Crippen LogP contribution in [0.15, 0.2) is 24.3 Å². The summed E-state index contributed by atoms with van der Waals surface area (Å²) in [5.41, 5.74) is 6.46. The molecule has 0 aliphatic carbocycles. The van der Waals surface area contributed by atoms with Crippen molar-refractivity contribution in [2.45, 2.75) is 44.8 Å². The number of carbonyl (C=O) groups is 1. The topological polar surface area (TPSA) is 64.3 Å². The van der Waals surface area contributed by atoms with E-state index in [4.69, 9.17) is 10.5 Å². The normalized spacial score (nSPS) is 20.3. The number of fused-ring (bicyclic) bond motifs is 1. The van der Waals surface area contributed by atoms with Gasteiger partial charge in [-0.15, -0.1) is 0 Å². The highest BCUT2D eigenvalue weighted by Gasteiger charge is 2.32. The quantitative estimate of drug-likeness (QED) is 0.847. The van der Waals surface area contributed by atoms with E-state index in [1.165, 1.54) is 0 Å². The molecule has 4 heteroatoms. The molecule has 1 heterocycles. The summed E-state index contributed by atoms with van der Waals surface area (Å²) in [5.74, 6) is 0.772. The molecule has 3 N–H and O–H groups in total. The predicted molar refractivity (Wildman–Crippen MR) is 75.1 cm³/mol. The Kier molecular flexibility index (Phi) is 4.10. The molecule has 0 aromatic heterocycles. The van der Waals surface area contributed by atoms with E-state index in [0.29, 0.717) is 13.0 Å². The summed E-state index contributed by atoms with van der Waals surface area (Å²) in [6.45, 7) is 4.65. The molecule has 1 amide bonds. The molecule has 2 atom stereocenters. The number of benzene rings is 1. The molecule has 2 rings (SSSR count). The number of nitrogens with one attached hydrogen (secondary N) is 1. The van der Waals surface area contributed by atoms with Crippen molar-refractivity contribution in [1.82, 2.24) is 5.32 Å². The molecule has 19 heavy (non-hydrogen) atoms. The maximum Gasteiger partial charge on any atom is 0.261 e. The first-order chi connectivity index (χ1) is 9.08. The van der Waals surface area contributed by atoms with E-state index in [1.807, 2.05) is 31.2 Å². The van der Waals surface area contributed by atoms with Crippen LogP contribution >= 0.6 is 0 Å². The van der Waals surface area contributed by atoms with Crippen LogP contribution in [0, 0.1) is 0 Å². The van der Waals surface area contributed by atoms with E-state index in [9.17, 15) is 4.79 Å². The standard InChI is InChI=1S/C15H22N2O2/c1-3-15(2,8-9-16)17-14(18)13-10-11-6-4-5-7-12(11)19-13/h4-7,13H,3,8-10,16H2,1-2H3,(H,17,18). The lowest BCUT2D eigenvalue weighted by atomic mass is 9.94.